The summed E-state index contributed by atoms with van der Waals surface area (Å²) in [4.78, 5) is 3.52. The Hall–Kier alpha value is -0.670. The lowest BCUT2D eigenvalue weighted by molar-refractivity contribution is -0.135. The Morgan fingerprint density at radius 2 is 2.00 bits per heavy atom. The zero-order valence-corrected chi connectivity index (χ0v) is 11.7. The van der Waals surface area contributed by atoms with Gasteiger partial charge in [-0.25, -0.2) is 12.7 Å². The maximum atomic E-state index is 12.0. The van der Waals surface area contributed by atoms with Crippen LogP contribution in [0.15, 0.2) is 27.8 Å². The molecule has 0 N–H and O–H groups in total. The van der Waals surface area contributed by atoms with Gasteiger partial charge < -0.3 is 0 Å². The quantitative estimate of drug-likeness (QED) is 0.841. The molecule has 0 unspecified atom stereocenters. The summed E-state index contributed by atoms with van der Waals surface area (Å²) >= 11 is 3.05. The molecular formula is C9H10BrF3N2O2S. The largest absolute Gasteiger partial charge is 0.390 e. The Bertz CT molecular complexity index is 519. The minimum atomic E-state index is -4.39. The topological polar surface area (TPSA) is 50.3 Å². The molecule has 0 radical (unpaired) electrons. The third-order valence-electron chi connectivity index (χ3n) is 2.10. The van der Waals surface area contributed by atoms with Crippen molar-refractivity contribution in [3.8, 4) is 0 Å². The van der Waals surface area contributed by atoms with Crippen molar-refractivity contribution in [3.05, 3.63) is 22.9 Å². The molecule has 4 nitrogen and oxygen atoms in total. The highest BCUT2D eigenvalue weighted by atomic mass is 79.9. The van der Waals surface area contributed by atoms with Crippen molar-refractivity contribution in [1.82, 2.24) is 9.29 Å². The zero-order valence-electron chi connectivity index (χ0n) is 9.28. The smallest absolute Gasteiger partial charge is 0.262 e. The van der Waals surface area contributed by atoms with Gasteiger partial charge in [0.25, 0.3) is 0 Å². The van der Waals surface area contributed by atoms with Crippen LogP contribution < -0.4 is 0 Å². The van der Waals surface area contributed by atoms with E-state index < -0.39 is 29.2 Å². The van der Waals surface area contributed by atoms with E-state index in [-0.39, 0.29) is 4.90 Å². The van der Waals surface area contributed by atoms with Gasteiger partial charge in [0.2, 0.25) is 10.0 Å². The predicted molar refractivity (Wildman–Crippen MR) is 62.4 cm³/mol. The molecule has 1 heterocycles. The van der Waals surface area contributed by atoms with E-state index >= 15 is 0 Å². The molecule has 0 saturated carbocycles. The number of sulfonamides is 1. The molecular weight excluding hydrogens is 337 g/mol. The van der Waals surface area contributed by atoms with Gasteiger partial charge in [-0.15, -0.1) is 0 Å². The Labute approximate surface area is 111 Å². The highest BCUT2D eigenvalue weighted by molar-refractivity contribution is 9.10. The number of hydrogen-bond acceptors (Lipinski definition) is 3. The lowest BCUT2D eigenvalue weighted by atomic mass is 10.4. The van der Waals surface area contributed by atoms with Gasteiger partial charge in [0, 0.05) is 30.5 Å². The number of aromatic nitrogens is 1. The van der Waals surface area contributed by atoms with Crippen LogP contribution in [0.1, 0.15) is 6.42 Å². The Balaban J connectivity index is 2.87. The fraction of sp³-hybridized carbons (Fsp3) is 0.444. The van der Waals surface area contributed by atoms with Crippen molar-refractivity contribution in [2.24, 2.45) is 0 Å². The van der Waals surface area contributed by atoms with Crippen molar-refractivity contribution in [1.29, 1.82) is 0 Å². The molecule has 0 aliphatic heterocycles. The number of hydrogen-bond donors (Lipinski definition) is 0. The van der Waals surface area contributed by atoms with E-state index in [2.05, 4.69) is 20.9 Å². The highest BCUT2D eigenvalue weighted by Crippen LogP contribution is 2.22. The molecule has 0 bridgehead atoms. The van der Waals surface area contributed by atoms with Crippen LogP contribution in [0, 0.1) is 0 Å². The standard InChI is InChI=1S/C9H10BrF3N2O2S/c1-15(3-2-9(11,12)13)18(16,17)8-4-7(10)5-14-6-8/h4-6H,2-3H2,1H3. The number of halogens is 4. The summed E-state index contributed by atoms with van der Waals surface area (Å²) in [6.45, 7) is -0.627. The molecule has 18 heavy (non-hydrogen) atoms. The number of alkyl halides is 3. The molecule has 0 aliphatic carbocycles. The van der Waals surface area contributed by atoms with Crippen molar-refractivity contribution in [2.75, 3.05) is 13.6 Å². The van der Waals surface area contributed by atoms with E-state index in [1.807, 2.05) is 0 Å². The second kappa shape index (κ2) is 5.54. The maximum absolute atomic E-state index is 12.0. The van der Waals surface area contributed by atoms with Gasteiger partial charge in [0.15, 0.2) is 0 Å². The first-order valence-corrected chi connectivity index (χ1v) is 7.00. The summed E-state index contributed by atoms with van der Waals surface area (Å²) < 4.78 is 61.0. The molecule has 0 aromatic carbocycles. The SMILES string of the molecule is CN(CCC(F)(F)F)S(=O)(=O)c1cncc(Br)c1. The Morgan fingerprint density at radius 1 is 1.39 bits per heavy atom. The van der Waals surface area contributed by atoms with Gasteiger partial charge >= 0.3 is 6.18 Å². The molecule has 0 saturated heterocycles. The number of rotatable bonds is 4. The van der Waals surface area contributed by atoms with Gasteiger partial charge in [0.05, 0.1) is 6.42 Å². The lowest BCUT2D eigenvalue weighted by Crippen LogP contribution is -2.30. The normalized spacial score (nSPS) is 13.0. The number of pyridine rings is 1. The Morgan fingerprint density at radius 3 is 2.50 bits per heavy atom. The van der Waals surface area contributed by atoms with Crippen LogP contribution in [0.2, 0.25) is 0 Å². The van der Waals surface area contributed by atoms with Crippen LogP contribution in [0.5, 0.6) is 0 Å². The van der Waals surface area contributed by atoms with Gasteiger partial charge in [-0.1, -0.05) is 0 Å². The first-order chi connectivity index (χ1) is 8.13. The van der Waals surface area contributed by atoms with Crippen LogP contribution in [0.25, 0.3) is 0 Å². The minimum Gasteiger partial charge on any atom is -0.262 e. The van der Waals surface area contributed by atoms with E-state index in [0.29, 0.717) is 8.78 Å². The fourth-order valence-electron chi connectivity index (χ4n) is 1.12. The second-order valence-corrected chi connectivity index (χ2v) is 6.49. The van der Waals surface area contributed by atoms with E-state index in [4.69, 9.17) is 0 Å². The van der Waals surface area contributed by atoms with Crippen LogP contribution >= 0.6 is 15.9 Å². The first-order valence-electron chi connectivity index (χ1n) is 4.76. The molecule has 0 amide bonds. The molecule has 0 aliphatic rings. The molecule has 0 atom stereocenters. The predicted octanol–water partition coefficient (Wildman–Crippen LogP) is 2.42. The average Bonchev–Trinajstić information content (AvgIpc) is 2.24. The lowest BCUT2D eigenvalue weighted by Gasteiger charge is -2.17. The van der Waals surface area contributed by atoms with Crippen molar-refractivity contribution < 1.29 is 21.6 Å². The van der Waals surface area contributed by atoms with E-state index in [9.17, 15) is 21.6 Å². The van der Waals surface area contributed by atoms with Crippen molar-refractivity contribution in [2.45, 2.75) is 17.5 Å². The average molecular weight is 347 g/mol. The molecule has 1 aromatic heterocycles. The molecule has 1 rings (SSSR count). The molecule has 0 fully saturated rings. The van der Waals surface area contributed by atoms with Crippen LogP contribution in [0.3, 0.4) is 0 Å². The van der Waals surface area contributed by atoms with Gasteiger partial charge in [-0.3, -0.25) is 4.98 Å². The van der Waals surface area contributed by atoms with Gasteiger partial charge in [-0.05, 0) is 22.0 Å². The van der Waals surface area contributed by atoms with Crippen molar-refractivity contribution in [3.63, 3.8) is 0 Å². The summed E-state index contributed by atoms with van der Waals surface area (Å²) in [5.74, 6) is 0. The molecule has 0 spiro atoms. The van der Waals surface area contributed by atoms with E-state index in [0.717, 1.165) is 13.2 Å². The van der Waals surface area contributed by atoms with Gasteiger partial charge in [-0.2, -0.15) is 13.2 Å². The first kappa shape index (κ1) is 15.4. The fourth-order valence-corrected chi connectivity index (χ4v) is 2.80. The van der Waals surface area contributed by atoms with Crippen LogP contribution in [0.4, 0.5) is 13.2 Å². The van der Waals surface area contributed by atoms with Gasteiger partial charge in [0.1, 0.15) is 4.90 Å². The summed E-state index contributed by atoms with van der Waals surface area (Å²) in [5.41, 5.74) is 0. The zero-order chi connectivity index (χ0) is 14.0. The summed E-state index contributed by atoms with van der Waals surface area (Å²) in [7, 11) is -2.84. The summed E-state index contributed by atoms with van der Waals surface area (Å²) in [5, 5.41) is 0. The molecule has 102 valence electrons. The third-order valence-corrected chi connectivity index (χ3v) is 4.35. The highest BCUT2D eigenvalue weighted by Gasteiger charge is 2.30. The van der Waals surface area contributed by atoms with Crippen LogP contribution in [-0.2, 0) is 10.0 Å². The van der Waals surface area contributed by atoms with E-state index in [1.165, 1.54) is 12.3 Å². The minimum absolute atomic E-state index is 0.151. The maximum Gasteiger partial charge on any atom is 0.390 e. The summed E-state index contributed by atoms with van der Waals surface area (Å²) in [6, 6.07) is 1.28. The Kier molecular flexibility index (Phi) is 4.73. The number of nitrogens with zero attached hydrogens (tertiary/aromatic N) is 2. The molecule has 1 aromatic rings. The monoisotopic (exact) mass is 346 g/mol. The molecule has 9 heteroatoms. The van der Waals surface area contributed by atoms with E-state index in [1.54, 1.807) is 0 Å². The third kappa shape index (κ3) is 4.21. The van der Waals surface area contributed by atoms with Crippen LogP contribution in [-0.4, -0.2) is 37.5 Å². The second-order valence-electron chi connectivity index (χ2n) is 3.53. The summed E-state index contributed by atoms with van der Waals surface area (Å²) in [6.07, 6.45) is -3.11. The van der Waals surface area contributed by atoms with Crippen molar-refractivity contribution >= 4 is 26.0 Å².